The summed E-state index contributed by atoms with van der Waals surface area (Å²) < 4.78 is 0. The van der Waals surface area contributed by atoms with Crippen LogP contribution in [0.4, 0.5) is 0 Å². The summed E-state index contributed by atoms with van der Waals surface area (Å²) in [5.74, 6) is 0. The van der Waals surface area contributed by atoms with Crippen LogP contribution < -0.4 is 0 Å². The number of nitrogens with zero attached hydrogens (tertiary/aromatic N) is 1. The van der Waals surface area contributed by atoms with Gasteiger partial charge >= 0.3 is 0 Å². The summed E-state index contributed by atoms with van der Waals surface area (Å²) in [5, 5.41) is 0. The van der Waals surface area contributed by atoms with Crippen molar-refractivity contribution >= 4 is 0 Å². The van der Waals surface area contributed by atoms with E-state index < -0.39 is 0 Å². The minimum Gasteiger partial charge on any atom is -0.291 e. The lowest BCUT2D eigenvalue weighted by Crippen LogP contribution is -2.22. The second-order valence-electron chi connectivity index (χ2n) is 2.13. The van der Waals surface area contributed by atoms with Crippen molar-refractivity contribution in [2.75, 3.05) is 13.1 Å². The number of rotatable bonds is 2. The Bertz CT molecular complexity index is 116. The molecule has 0 bridgehead atoms. The van der Waals surface area contributed by atoms with Crippen LogP contribution in [-0.4, -0.2) is 18.0 Å². The van der Waals surface area contributed by atoms with Crippen LogP contribution in [0.5, 0.6) is 0 Å². The Morgan fingerprint density at radius 1 is 1.56 bits per heavy atom. The quantitative estimate of drug-likeness (QED) is 0.503. The molecule has 0 aromatic heterocycles. The normalized spacial score (nSPS) is 20.0. The first-order valence-electron chi connectivity index (χ1n) is 3.27. The van der Waals surface area contributed by atoms with E-state index in [4.69, 9.17) is 0 Å². The van der Waals surface area contributed by atoms with Crippen LogP contribution in [0.3, 0.4) is 0 Å². The minimum absolute atomic E-state index is 0.977. The van der Waals surface area contributed by atoms with Gasteiger partial charge in [-0.3, -0.25) is 4.90 Å². The van der Waals surface area contributed by atoms with Gasteiger partial charge < -0.3 is 0 Å². The van der Waals surface area contributed by atoms with E-state index in [0.29, 0.717) is 0 Å². The van der Waals surface area contributed by atoms with E-state index in [2.05, 4.69) is 30.2 Å². The van der Waals surface area contributed by atoms with E-state index in [9.17, 15) is 0 Å². The van der Waals surface area contributed by atoms with Crippen LogP contribution in [0.1, 0.15) is 6.42 Å². The molecule has 1 radical (unpaired) electrons. The van der Waals surface area contributed by atoms with E-state index in [1.54, 1.807) is 0 Å². The van der Waals surface area contributed by atoms with Crippen molar-refractivity contribution in [2.24, 2.45) is 0 Å². The van der Waals surface area contributed by atoms with E-state index in [0.717, 1.165) is 19.5 Å². The minimum atomic E-state index is 0.977. The molecule has 1 heteroatoms. The molecule has 0 saturated carbocycles. The fourth-order valence-electron chi connectivity index (χ4n) is 0.906. The summed E-state index contributed by atoms with van der Waals surface area (Å²) in [6.45, 7) is 7.89. The van der Waals surface area contributed by atoms with E-state index in [1.165, 1.54) is 0 Å². The van der Waals surface area contributed by atoms with Gasteiger partial charge in [0.25, 0.3) is 0 Å². The maximum Gasteiger partial charge on any atom is 0.0295 e. The number of hydrogen-bond acceptors (Lipinski definition) is 1. The summed E-state index contributed by atoms with van der Waals surface area (Å²) in [6, 6.07) is 0. The first-order chi connectivity index (χ1) is 4.43. The Hall–Kier alpha value is -0.560. The molecule has 1 heterocycles. The van der Waals surface area contributed by atoms with Gasteiger partial charge in [-0.05, 0) is 6.42 Å². The zero-order valence-corrected chi connectivity index (χ0v) is 5.59. The van der Waals surface area contributed by atoms with Gasteiger partial charge in [0.1, 0.15) is 0 Å². The van der Waals surface area contributed by atoms with Crippen molar-refractivity contribution in [3.63, 3.8) is 0 Å². The van der Waals surface area contributed by atoms with Crippen LogP contribution in [0, 0.1) is 6.54 Å². The molecule has 0 fully saturated rings. The second kappa shape index (κ2) is 3.46. The van der Waals surface area contributed by atoms with Crippen LogP contribution in [0.2, 0.25) is 0 Å². The summed E-state index contributed by atoms with van der Waals surface area (Å²) in [6.07, 6.45) is 7.37. The maximum atomic E-state index is 3.67. The van der Waals surface area contributed by atoms with Gasteiger partial charge in [0.15, 0.2) is 0 Å². The summed E-state index contributed by atoms with van der Waals surface area (Å²) in [7, 11) is 0. The third kappa shape index (κ3) is 2.02. The zero-order chi connectivity index (χ0) is 6.53. The standard InChI is InChI=1S/C8H12N/c1-2-6-9-7-4-3-5-8-9/h2-4,8H,1,5-7H2. The summed E-state index contributed by atoms with van der Waals surface area (Å²) >= 11 is 0. The van der Waals surface area contributed by atoms with Crippen molar-refractivity contribution in [1.82, 2.24) is 4.90 Å². The predicted molar refractivity (Wildman–Crippen MR) is 39.8 cm³/mol. The lowest BCUT2D eigenvalue weighted by atomic mass is 10.2. The lowest BCUT2D eigenvalue weighted by Gasteiger charge is -2.19. The van der Waals surface area contributed by atoms with Crippen molar-refractivity contribution in [2.45, 2.75) is 6.42 Å². The Kier molecular flexibility index (Phi) is 2.52. The molecule has 0 aliphatic carbocycles. The second-order valence-corrected chi connectivity index (χ2v) is 2.13. The summed E-state index contributed by atoms with van der Waals surface area (Å²) in [4.78, 5) is 2.24. The molecule has 49 valence electrons. The third-order valence-corrected chi connectivity index (χ3v) is 1.37. The van der Waals surface area contributed by atoms with Crippen LogP contribution in [0.25, 0.3) is 0 Å². The zero-order valence-electron chi connectivity index (χ0n) is 5.59. The lowest BCUT2D eigenvalue weighted by molar-refractivity contribution is 0.394. The molecule has 0 amide bonds. The number of hydrogen-bond donors (Lipinski definition) is 0. The van der Waals surface area contributed by atoms with Gasteiger partial charge in [-0.2, -0.15) is 0 Å². The molecule has 0 unspecified atom stereocenters. The molecule has 0 saturated heterocycles. The Labute approximate surface area is 56.7 Å². The molecule has 0 N–H and O–H groups in total. The Morgan fingerprint density at radius 3 is 3.00 bits per heavy atom. The van der Waals surface area contributed by atoms with Crippen LogP contribution in [-0.2, 0) is 0 Å². The van der Waals surface area contributed by atoms with Gasteiger partial charge in [-0.1, -0.05) is 18.2 Å². The molecule has 1 aliphatic heterocycles. The predicted octanol–water partition coefficient (Wildman–Crippen LogP) is 1.60. The molecule has 1 rings (SSSR count). The fourth-order valence-corrected chi connectivity index (χ4v) is 0.906. The Morgan fingerprint density at radius 2 is 2.44 bits per heavy atom. The molecule has 0 spiro atoms. The molecule has 0 aromatic carbocycles. The average molecular weight is 122 g/mol. The van der Waals surface area contributed by atoms with Crippen LogP contribution >= 0.6 is 0 Å². The highest BCUT2D eigenvalue weighted by Crippen LogP contribution is 2.04. The fraction of sp³-hybridized carbons (Fsp3) is 0.375. The van der Waals surface area contributed by atoms with Crippen molar-refractivity contribution in [3.05, 3.63) is 31.4 Å². The smallest absolute Gasteiger partial charge is 0.0295 e. The highest BCUT2D eigenvalue weighted by atomic mass is 15.1. The summed E-state index contributed by atoms with van der Waals surface area (Å²) in [5.41, 5.74) is 0. The molecule has 1 aliphatic rings. The van der Waals surface area contributed by atoms with Crippen molar-refractivity contribution in [1.29, 1.82) is 0 Å². The monoisotopic (exact) mass is 122 g/mol. The SMILES string of the molecule is C=CCN1[CH]CC=CC1. The first kappa shape index (κ1) is 6.56. The molecule has 0 aromatic rings. The van der Waals surface area contributed by atoms with E-state index >= 15 is 0 Å². The molecular weight excluding hydrogens is 110 g/mol. The Balaban J connectivity index is 2.26. The van der Waals surface area contributed by atoms with Gasteiger partial charge in [0, 0.05) is 19.6 Å². The van der Waals surface area contributed by atoms with Gasteiger partial charge in [-0.25, -0.2) is 0 Å². The largest absolute Gasteiger partial charge is 0.291 e. The third-order valence-electron chi connectivity index (χ3n) is 1.37. The molecule has 0 atom stereocenters. The van der Waals surface area contributed by atoms with E-state index in [1.807, 2.05) is 6.08 Å². The average Bonchev–Trinajstić information content (AvgIpc) is 1.91. The van der Waals surface area contributed by atoms with Crippen molar-refractivity contribution in [3.8, 4) is 0 Å². The topological polar surface area (TPSA) is 3.24 Å². The maximum absolute atomic E-state index is 3.67. The van der Waals surface area contributed by atoms with Crippen molar-refractivity contribution < 1.29 is 0 Å². The highest BCUT2D eigenvalue weighted by Gasteiger charge is 2.01. The highest BCUT2D eigenvalue weighted by molar-refractivity contribution is 4.97. The molecular formula is C8H12N. The van der Waals surface area contributed by atoms with Gasteiger partial charge in [-0.15, -0.1) is 6.58 Å². The first-order valence-corrected chi connectivity index (χ1v) is 3.27. The molecule has 9 heavy (non-hydrogen) atoms. The van der Waals surface area contributed by atoms with Gasteiger partial charge in [0.05, 0.1) is 0 Å². The van der Waals surface area contributed by atoms with E-state index in [-0.39, 0.29) is 0 Å². The van der Waals surface area contributed by atoms with Gasteiger partial charge in [0.2, 0.25) is 0 Å². The van der Waals surface area contributed by atoms with Crippen LogP contribution in [0.15, 0.2) is 24.8 Å². The molecule has 1 nitrogen and oxygen atoms in total.